The highest BCUT2D eigenvalue weighted by Crippen LogP contribution is 2.21. The van der Waals surface area contributed by atoms with Gasteiger partial charge in [-0.1, -0.05) is 23.4 Å². The summed E-state index contributed by atoms with van der Waals surface area (Å²) in [5.41, 5.74) is 4.60. The summed E-state index contributed by atoms with van der Waals surface area (Å²) in [6.07, 6.45) is -0.622. The molecule has 2 aromatic heterocycles. The van der Waals surface area contributed by atoms with Crippen molar-refractivity contribution >= 4 is 5.91 Å². The van der Waals surface area contributed by atoms with Gasteiger partial charge in [-0.25, -0.2) is 0 Å². The van der Waals surface area contributed by atoms with Crippen LogP contribution in [0.4, 0.5) is 0 Å². The number of aryl methyl sites for hydroxylation is 2. The molecular formula is C21H23N3O3. The lowest BCUT2D eigenvalue weighted by atomic mass is 10.1. The lowest BCUT2D eigenvalue weighted by Crippen LogP contribution is -2.26. The van der Waals surface area contributed by atoms with Gasteiger partial charge < -0.3 is 14.5 Å². The van der Waals surface area contributed by atoms with Crippen LogP contribution in [0.1, 0.15) is 46.1 Å². The Morgan fingerprint density at radius 1 is 1.19 bits per heavy atom. The maximum Gasteiger partial charge on any atom is 0.253 e. The molecule has 0 saturated carbocycles. The van der Waals surface area contributed by atoms with Crippen LogP contribution in [0.5, 0.6) is 0 Å². The van der Waals surface area contributed by atoms with Crippen LogP contribution in [-0.2, 0) is 6.54 Å². The van der Waals surface area contributed by atoms with Crippen molar-refractivity contribution < 1.29 is 14.4 Å². The van der Waals surface area contributed by atoms with Gasteiger partial charge in [-0.3, -0.25) is 9.78 Å². The fourth-order valence-corrected chi connectivity index (χ4v) is 2.89. The van der Waals surface area contributed by atoms with Crippen molar-refractivity contribution in [3.8, 4) is 11.3 Å². The van der Waals surface area contributed by atoms with E-state index >= 15 is 0 Å². The van der Waals surface area contributed by atoms with E-state index < -0.39 is 6.10 Å². The number of aliphatic hydroxyl groups excluding tert-OH is 1. The van der Waals surface area contributed by atoms with Crippen LogP contribution in [0.25, 0.3) is 11.3 Å². The first-order valence-electron chi connectivity index (χ1n) is 8.79. The summed E-state index contributed by atoms with van der Waals surface area (Å²) in [6.45, 7) is 5.84. The number of carbonyl (C=O) groups excluding carboxylic acids is 1. The fraction of sp³-hybridized carbons (Fsp3) is 0.286. The Hall–Kier alpha value is -2.99. The van der Waals surface area contributed by atoms with E-state index in [1.54, 1.807) is 37.1 Å². The standard InChI is InChI=1S/C21H23N3O3/c1-13-18(15(3)27-23-13)12-24(4)21(26)17-10-8-16(9-11-17)20-7-5-6-19(22-20)14(2)25/h5-11,14,25H,12H2,1-4H3/t14-/m1/s1. The number of aromatic nitrogens is 2. The number of amides is 1. The molecule has 0 radical (unpaired) electrons. The van der Waals surface area contributed by atoms with Gasteiger partial charge in [-0.15, -0.1) is 0 Å². The summed E-state index contributed by atoms with van der Waals surface area (Å²) >= 11 is 0. The van der Waals surface area contributed by atoms with Gasteiger partial charge in [-0.05, 0) is 45.0 Å². The van der Waals surface area contributed by atoms with E-state index in [4.69, 9.17) is 4.52 Å². The molecule has 3 aromatic rings. The molecule has 0 bridgehead atoms. The van der Waals surface area contributed by atoms with Crippen molar-refractivity contribution in [3.63, 3.8) is 0 Å². The van der Waals surface area contributed by atoms with E-state index in [9.17, 15) is 9.90 Å². The minimum Gasteiger partial charge on any atom is -0.387 e. The quantitative estimate of drug-likeness (QED) is 0.746. The molecular weight excluding hydrogens is 342 g/mol. The molecule has 6 heteroatoms. The number of rotatable bonds is 5. The van der Waals surface area contributed by atoms with Crippen molar-refractivity contribution in [2.45, 2.75) is 33.4 Å². The van der Waals surface area contributed by atoms with Crippen molar-refractivity contribution in [2.24, 2.45) is 0 Å². The van der Waals surface area contributed by atoms with Gasteiger partial charge in [-0.2, -0.15) is 0 Å². The van der Waals surface area contributed by atoms with Crippen LogP contribution in [0.2, 0.25) is 0 Å². The third-order valence-electron chi connectivity index (χ3n) is 4.55. The highest BCUT2D eigenvalue weighted by molar-refractivity contribution is 5.94. The summed E-state index contributed by atoms with van der Waals surface area (Å²) in [4.78, 5) is 18.8. The molecule has 0 aliphatic heterocycles. The van der Waals surface area contributed by atoms with E-state index in [-0.39, 0.29) is 5.91 Å². The second-order valence-electron chi connectivity index (χ2n) is 6.66. The third-order valence-corrected chi connectivity index (χ3v) is 4.55. The number of aliphatic hydroxyl groups is 1. The molecule has 6 nitrogen and oxygen atoms in total. The highest BCUT2D eigenvalue weighted by atomic mass is 16.5. The molecule has 1 N–H and O–H groups in total. The van der Waals surface area contributed by atoms with Gasteiger partial charge >= 0.3 is 0 Å². The number of hydrogen-bond donors (Lipinski definition) is 1. The van der Waals surface area contributed by atoms with Gasteiger partial charge in [0.05, 0.1) is 29.7 Å². The van der Waals surface area contributed by atoms with Gasteiger partial charge in [0.15, 0.2) is 0 Å². The van der Waals surface area contributed by atoms with Crippen molar-refractivity contribution in [2.75, 3.05) is 7.05 Å². The Morgan fingerprint density at radius 3 is 2.48 bits per heavy atom. The second-order valence-corrected chi connectivity index (χ2v) is 6.66. The zero-order valence-electron chi connectivity index (χ0n) is 15.9. The summed E-state index contributed by atoms with van der Waals surface area (Å²) in [6, 6.07) is 12.8. The first kappa shape index (κ1) is 18.8. The number of carbonyl (C=O) groups is 1. The van der Waals surface area contributed by atoms with Crippen molar-refractivity contribution in [3.05, 3.63) is 70.7 Å². The first-order chi connectivity index (χ1) is 12.9. The summed E-state index contributed by atoms with van der Waals surface area (Å²) in [5, 5.41) is 13.6. The highest BCUT2D eigenvalue weighted by Gasteiger charge is 2.17. The van der Waals surface area contributed by atoms with Crippen LogP contribution in [0, 0.1) is 13.8 Å². The number of benzene rings is 1. The molecule has 140 valence electrons. The normalized spacial score (nSPS) is 12.0. The zero-order chi connectivity index (χ0) is 19.6. The maximum atomic E-state index is 12.7. The summed E-state index contributed by atoms with van der Waals surface area (Å²) in [7, 11) is 1.76. The van der Waals surface area contributed by atoms with E-state index in [2.05, 4.69) is 10.1 Å². The Labute approximate surface area is 158 Å². The van der Waals surface area contributed by atoms with Crippen LogP contribution in [-0.4, -0.2) is 33.1 Å². The minimum absolute atomic E-state index is 0.0766. The SMILES string of the molecule is Cc1noc(C)c1CN(C)C(=O)c1ccc(-c2cccc([C@@H](C)O)n2)cc1. The first-order valence-corrected chi connectivity index (χ1v) is 8.79. The van der Waals surface area contributed by atoms with Crippen molar-refractivity contribution in [1.29, 1.82) is 0 Å². The smallest absolute Gasteiger partial charge is 0.253 e. The average Bonchev–Trinajstić information content (AvgIpc) is 2.99. The molecule has 2 heterocycles. The van der Waals surface area contributed by atoms with Gasteiger partial charge in [0.1, 0.15) is 5.76 Å². The third kappa shape index (κ3) is 4.06. The molecule has 27 heavy (non-hydrogen) atoms. The Kier molecular flexibility index (Phi) is 5.37. The fourth-order valence-electron chi connectivity index (χ4n) is 2.89. The van der Waals surface area contributed by atoms with Crippen LogP contribution in [0.15, 0.2) is 47.0 Å². The Morgan fingerprint density at radius 2 is 1.89 bits per heavy atom. The number of hydrogen-bond acceptors (Lipinski definition) is 5. The molecule has 1 aromatic carbocycles. The molecule has 1 amide bonds. The monoisotopic (exact) mass is 365 g/mol. The van der Waals surface area contributed by atoms with Gasteiger partial charge in [0.2, 0.25) is 0 Å². The molecule has 0 aliphatic rings. The van der Waals surface area contributed by atoms with E-state index in [1.807, 2.05) is 38.1 Å². The molecule has 0 spiro atoms. The zero-order valence-corrected chi connectivity index (χ0v) is 15.9. The maximum absolute atomic E-state index is 12.7. The summed E-state index contributed by atoms with van der Waals surface area (Å²) in [5.74, 6) is 0.652. The molecule has 0 fully saturated rings. The predicted octanol–water partition coefficient (Wildman–Crippen LogP) is 3.68. The van der Waals surface area contributed by atoms with Crippen molar-refractivity contribution in [1.82, 2.24) is 15.0 Å². The second kappa shape index (κ2) is 7.72. The minimum atomic E-state index is -0.622. The van der Waals surface area contributed by atoms with Gasteiger partial charge in [0.25, 0.3) is 5.91 Å². The average molecular weight is 365 g/mol. The predicted molar refractivity (Wildman–Crippen MR) is 102 cm³/mol. The lowest BCUT2D eigenvalue weighted by Gasteiger charge is -2.17. The van der Waals surface area contributed by atoms with Crippen LogP contribution in [0.3, 0.4) is 0 Å². The van der Waals surface area contributed by atoms with Gasteiger partial charge in [0, 0.05) is 23.7 Å². The van der Waals surface area contributed by atoms with Crippen LogP contribution >= 0.6 is 0 Å². The topological polar surface area (TPSA) is 79.5 Å². The van der Waals surface area contributed by atoms with E-state index in [0.29, 0.717) is 17.8 Å². The largest absolute Gasteiger partial charge is 0.387 e. The van der Waals surface area contributed by atoms with E-state index in [0.717, 1.165) is 28.3 Å². The molecule has 1 atom stereocenters. The molecule has 0 aliphatic carbocycles. The Bertz CT molecular complexity index is 926. The molecule has 3 rings (SSSR count). The molecule has 0 saturated heterocycles. The van der Waals surface area contributed by atoms with Crippen LogP contribution < -0.4 is 0 Å². The number of pyridine rings is 1. The number of nitrogens with zero attached hydrogens (tertiary/aromatic N) is 3. The Balaban J connectivity index is 1.76. The van der Waals surface area contributed by atoms with E-state index in [1.165, 1.54) is 0 Å². The molecule has 0 unspecified atom stereocenters. The summed E-state index contributed by atoms with van der Waals surface area (Å²) < 4.78 is 5.16. The lowest BCUT2D eigenvalue weighted by molar-refractivity contribution is 0.0784.